The quantitative estimate of drug-likeness (QED) is 0.668. The van der Waals surface area contributed by atoms with Gasteiger partial charge in [-0.1, -0.05) is 49.4 Å². The SMILES string of the molecule is CCCNCc1sc(Cc2cccc3ccccc23)nc1C. The Hall–Kier alpha value is -1.71. The van der Waals surface area contributed by atoms with Gasteiger partial charge in [0.05, 0.1) is 10.7 Å². The van der Waals surface area contributed by atoms with E-state index in [1.807, 2.05) is 11.3 Å². The summed E-state index contributed by atoms with van der Waals surface area (Å²) in [5, 5.41) is 7.32. The maximum atomic E-state index is 4.77. The highest BCUT2D eigenvalue weighted by Gasteiger charge is 2.09. The smallest absolute Gasteiger partial charge is 0.0975 e. The summed E-state index contributed by atoms with van der Waals surface area (Å²) in [5.74, 6) is 0. The zero-order valence-corrected chi connectivity index (χ0v) is 14.0. The highest BCUT2D eigenvalue weighted by molar-refractivity contribution is 7.11. The van der Waals surface area contributed by atoms with Crippen molar-refractivity contribution >= 4 is 22.1 Å². The number of aryl methyl sites for hydroxylation is 1. The molecule has 114 valence electrons. The van der Waals surface area contributed by atoms with E-state index in [0.29, 0.717) is 0 Å². The number of benzene rings is 2. The van der Waals surface area contributed by atoms with E-state index in [-0.39, 0.29) is 0 Å². The lowest BCUT2D eigenvalue weighted by atomic mass is 10.0. The molecule has 0 saturated heterocycles. The van der Waals surface area contributed by atoms with Crippen molar-refractivity contribution in [1.29, 1.82) is 0 Å². The van der Waals surface area contributed by atoms with Gasteiger partial charge in [0.2, 0.25) is 0 Å². The first-order valence-corrected chi connectivity index (χ1v) is 8.72. The van der Waals surface area contributed by atoms with Crippen molar-refractivity contribution in [3.05, 3.63) is 63.6 Å². The van der Waals surface area contributed by atoms with Crippen LogP contribution >= 0.6 is 11.3 Å². The van der Waals surface area contributed by atoms with Crippen LogP contribution in [0.5, 0.6) is 0 Å². The molecule has 0 amide bonds. The molecule has 3 rings (SSSR count). The Labute approximate surface area is 136 Å². The van der Waals surface area contributed by atoms with E-state index in [1.165, 1.54) is 38.3 Å². The van der Waals surface area contributed by atoms with E-state index < -0.39 is 0 Å². The molecule has 0 atom stereocenters. The molecule has 0 aliphatic rings. The van der Waals surface area contributed by atoms with Gasteiger partial charge in [0.25, 0.3) is 0 Å². The van der Waals surface area contributed by atoms with Gasteiger partial charge in [0.15, 0.2) is 0 Å². The molecule has 0 spiro atoms. The molecular weight excluding hydrogens is 288 g/mol. The van der Waals surface area contributed by atoms with E-state index in [0.717, 1.165) is 19.5 Å². The van der Waals surface area contributed by atoms with Gasteiger partial charge in [0, 0.05) is 17.8 Å². The van der Waals surface area contributed by atoms with Crippen molar-refractivity contribution in [2.45, 2.75) is 33.2 Å². The molecule has 1 aromatic heterocycles. The molecule has 0 aliphatic heterocycles. The van der Waals surface area contributed by atoms with Crippen molar-refractivity contribution in [2.75, 3.05) is 6.54 Å². The second-order valence-electron chi connectivity index (χ2n) is 5.61. The Balaban J connectivity index is 1.82. The third-order valence-electron chi connectivity index (χ3n) is 3.87. The Morgan fingerprint density at radius 3 is 2.77 bits per heavy atom. The summed E-state index contributed by atoms with van der Waals surface area (Å²) >= 11 is 1.84. The lowest BCUT2D eigenvalue weighted by Gasteiger charge is -2.04. The number of nitrogens with one attached hydrogen (secondary N) is 1. The van der Waals surface area contributed by atoms with Gasteiger partial charge in [0.1, 0.15) is 0 Å². The minimum Gasteiger partial charge on any atom is -0.312 e. The normalized spacial score (nSPS) is 11.2. The molecule has 2 nitrogen and oxygen atoms in total. The van der Waals surface area contributed by atoms with Crippen molar-refractivity contribution in [3.8, 4) is 0 Å². The van der Waals surface area contributed by atoms with Crippen LogP contribution in [0.25, 0.3) is 10.8 Å². The fourth-order valence-corrected chi connectivity index (χ4v) is 3.78. The van der Waals surface area contributed by atoms with Gasteiger partial charge >= 0.3 is 0 Å². The molecule has 0 fully saturated rings. The minimum absolute atomic E-state index is 0.917. The Bertz CT molecular complexity index is 756. The van der Waals surface area contributed by atoms with Gasteiger partial charge in [-0.05, 0) is 36.2 Å². The molecule has 3 aromatic rings. The standard InChI is InChI=1S/C19H22N2S/c1-3-11-20-13-18-14(2)21-19(22-18)12-16-9-6-8-15-7-4-5-10-17(15)16/h4-10,20H,3,11-13H2,1-2H3. The van der Waals surface area contributed by atoms with Crippen LogP contribution in [-0.2, 0) is 13.0 Å². The first-order valence-electron chi connectivity index (χ1n) is 7.90. The van der Waals surface area contributed by atoms with Crippen LogP contribution < -0.4 is 5.32 Å². The first kappa shape index (κ1) is 15.2. The number of nitrogens with zero attached hydrogens (tertiary/aromatic N) is 1. The molecule has 1 heterocycles. The molecule has 0 unspecified atom stereocenters. The van der Waals surface area contributed by atoms with Crippen LogP contribution in [-0.4, -0.2) is 11.5 Å². The van der Waals surface area contributed by atoms with Crippen molar-refractivity contribution in [1.82, 2.24) is 10.3 Å². The Morgan fingerprint density at radius 2 is 1.91 bits per heavy atom. The van der Waals surface area contributed by atoms with Crippen LogP contribution in [0, 0.1) is 6.92 Å². The van der Waals surface area contributed by atoms with E-state index in [4.69, 9.17) is 4.98 Å². The van der Waals surface area contributed by atoms with E-state index in [2.05, 4.69) is 61.6 Å². The first-order chi connectivity index (χ1) is 10.8. The summed E-state index contributed by atoms with van der Waals surface area (Å²) in [6.07, 6.45) is 2.08. The van der Waals surface area contributed by atoms with Gasteiger partial charge in [-0.2, -0.15) is 0 Å². The average molecular weight is 310 g/mol. The summed E-state index contributed by atoms with van der Waals surface area (Å²) in [6.45, 7) is 6.31. The van der Waals surface area contributed by atoms with E-state index in [1.54, 1.807) is 0 Å². The van der Waals surface area contributed by atoms with Crippen LogP contribution in [0.2, 0.25) is 0 Å². The minimum atomic E-state index is 0.917. The number of aromatic nitrogens is 1. The second-order valence-corrected chi connectivity index (χ2v) is 6.78. The number of thiazole rings is 1. The summed E-state index contributed by atoms with van der Waals surface area (Å²) in [4.78, 5) is 6.13. The molecular formula is C19H22N2S. The van der Waals surface area contributed by atoms with Crippen molar-refractivity contribution < 1.29 is 0 Å². The topological polar surface area (TPSA) is 24.9 Å². The molecule has 1 N–H and O–H groups in total. The maximum absolute atomic E-state index is 4.77. The maximum Gasteiger partial charge on any atom is 0.0975 e. The molecule has 0 aliphatic carbocycles. The lowest BCUT2D eigenvalue weighted by Crippen LogP contribution is -2.13. The largest absolute Gasteiger partial charge is 0.312 e. The van der Waals surface area contributed by atoms with Crippen LogP contribution in [0.15, 0.2) is 42.5 Å². The molecule has 0 radical (unpaired) electrons. The van der Waals surface area contributed by atoms with E-state index >= 15 is 0 Å². The third-order valence-corrected chi connectivity index (χ3v) is 5.03. The predicted octanol–water partition coefficient (Wildman–Crippen LogP) is 4.70. The Morgan fingerprint density at radius 1 is 1.09 bits per heavy atom. The van der Waals surface area contributed by atoms with Crippen molar-refractivity contribution in [2.24, 2.45) is 0 Å². The second kappa shape index (κ2) is 7.03. The molecule has 22 heavy (non-hydrogen) atoms. The summed E-state index contributed by atoms with van der Waals surface area (Å²) in [7, 11) is 0. The summed E-state index contributed by atoms with van der Waals surface area (Å²) < 4.78 is 0. The molecule has 3 heteroatoms. The Kier molecular flexibility index (Phi) is 4.86. The zero-order valence-electron chi connectivity index (χ0n) is 13.2. The third kappa shape index (κ3) is 3.37. The van der Waals surface area contributed by atoms with Crippen molar-refractivity contribution in [3.63, 3.8) is 0 Å². The fourth-order valence-electron chi connectivity index (χ4n) is 2.72. The monoisotopic (exact) mass is 310 g/mol. The van der Waals surface area contributed by atoms with Crippen LogP contribution in [0.3, 0.4) is 0 Å². The number of hydrogen-bond donors (Lipinski definition) is 1. The van der Waals surface area contributed by atoms with Gasteiger partial charge in [-0.25, -0.2) is 4.98 Å². The lowest BCUT2D eigenvalue weighted by molar-refractivity contribution is 0.678. The molecule has 0 saturated carbocycles. The predicted molar refractivity (Wildman–Crippen MR) is 95.6 cm³/mol. The molecule has 2 aromatic carbocycles. The average Bonchev–Trinajstić information content (AvgIpc) is 2.88. The fraction of sp³-hybridized carbons (Fsp3) is 0.316. The van der Waals surface area contributed by atoms with Gasteiger partial charge in [-0.3, -0.25) is 0 Å². The van der Waals surface area contributed by atoms with Crippen LogP contribution in [0.1, 0.15) is 34.5 Å². The molecule has 0 bridgehead atoms. The number of fused-ring (bicyclic) bond motifs is 1. The van der Waals surface area contributed by atoms with Crippen LogP contribution in [0.4, 0.5) is 0 Å². The van der Waals surface area contributed by atoms with Gasteiger partial charge in [-0.15, -0.1) is 11.3 Å². The highest BCUT2D eigenvalue weighted by Crippen LogP contribution is 2.25. The number of hydrogen-bond acceptors (Lipinski definition) is 3. The zero-order chi connectivity index (χ0) is 15.4. The summed E-state index contributed by atoms with van der Waals surface area (Å²) in [5.41, 5.74) is 2.53. The number of rotatable bonds is 6. The van der Waals surface area contributed by atoms with Gasteiger partial charge < -0.3 is 5.32 Å². The summed E-state index contributed by atoms with van der Waals surface area (Å²) in [6, 6.07) is 15.1. The van der Waals surface area contributed by atoms with E-state index in [9.17, 15) is 0 Å². The highest BCUT2D eigenvalue weighted by atomic mass is 32.1.